The zero-order valence-corrected chi connectivity index (χ0v) is 10.9. The van der Waals surface area contributed by atoms with Gasteiger partial charge in [0.05, 0.1) is 11.4 Å². The lowest BCUT2D eigenvalue weighted by atomic mass is 10.2. The minimum absolute atomic E-state index is 0.400. The monoisotopic (exact) mass is 247 g/mol. The van der Waals surface area contributed by atoms with E-state index in [2.05, 4.69) is 28.3 Å². The van der Waals surface area contributed by atoms with Crippen molar-refractivity contribution in [1.82, 2.24) is 20.0 Å². The second-order valence-electron chi connectivity index (χ2n) is 3.80. The Hall–Kier alpha value is -1.74. The predicted octanol–water partition coefficient (Wildman–Crippen LogP) is 2.16. The lowest BCUT2D eigenvalue weighted by Gasteiger charge is -2.00. The summed E-state index contributed by atoms with van der Waals surface area (Å²) in [4.78, 5) is 5.60. The summed E-state index contributed by atoms with van der Waals surface area (Å²) in [6.07, 6.45) is 1.74. The molecule has 0 aliphatic carbocycles. The number of nitriles is 1. The number of hydrogen-bond donors (Lipinski definition) is 0. The summed E-state index contributed by atoms with van der Waals surface area (Å²) >= 11 is 1.57. The van der Waals surface area contributed by atoms with Crippen molar-refractivity contribution < 1.29 is 0 Å². The molecule has 2 rings (SSSR count). The van der Waals surface area contributed by atoms with Gasteiger partial charge in [0.1, 0.15) is 6.07 Å². The highest BCUT2D eigenvalue weighted by atomic mass is 32.1. The van der Waals surface area contributed by atoms with Gasteiger partial charge in [-0.25, -0.2) is 4.98 Å². The first-order valence-corrected chi connectivity index (χ1v) is 6.28. The molecule has 0 aromatic carbocycles. The van der Waals surface area contributed by atoms with Gasteiger partial charge in [-0.2, -0.15) is 9.94 Å². The van der Waals surface area contributed by atoms with E-state index in [0.29, 0.717) is 5.69 Å². The molecule has 0 aliphatic rings. The van der Waals surface area contributed by atoms with Crippen LogP contribution in [0.2, 0.25) is 0 Å². The van der Waals surface area contributed by atoms with E-state index < -0.39 is 0 Å². The maximum atomic E-state index is 8.98. The van der Waals surface area contributed by atoms with Crippen LogP contribution in [0.4, 0.5) is 0 Å². The highest BCUT2D eigenvalue weighted by Crippen LogP contribution is 2.22. The molecule has 2 aromatic heterocycles. The van der Waals surface area contributed by atoms with Crippen molar-refractivity contribution in [1.29, 1.82) is 5.26 Å². The zero-order valence-electron chi connectivity index (χ0n) is 10.1. The highest BCUT2D eigenvalue weighted by Gasteiger charge is 2.16. The SMILES string of the molecule is CCCc1c(C#N)nnn1-c1nc(C)c(C)s1. The van der Waals surface area contributed by atoms with Crippen molar-refractivity contribution in [3.05, 3.63) is 22.0 Å². The Morgan fingerprint density at radius 1 is 1.41 bits per heavy atom. The van der Waals surface area contributed by atoms with Crippen LogP contribution < -0.4 is 0 Å². The fourth-order valence-electron chi connectivity index (χ4n) is 1.55. The molecule has 2 aromatic rings. The third-order valence-electron chi connectivity index (χ3n) is 2.55. The van der Waals surface area contributed by atoms with E-state index in [-0.39, 0.29) is 0 Å². The van der Waals surface area contributed by atoms with Crippen LogP contribution in [-0.4, -0.2) is 20.0 Å². The molecule has 0 bridgehead atoms. The van der Waals surface area contributed by atoms with Crippen molar-refractivity contribution in [3.8, 4) is 11.2 Å². The molecule has 5 nitrogen and oxygen atoms in total. The van der Waals surface area contributed by atoms with Crippen LogP contribution in [0.3, 0.4) is 0 Å². The number of aromatic nitrogens is 4. The second kappa shape index (κ2) is 4.63. The Bertz CT molecular complexity index is 556. The predicted molar refractivity (Wildman–Crippen MR) is 65.2 cm³/mol. The van der Waals surface area contributed by atoms with E-state index in [1.807, 2.05) is 13.8 Å². The molecule has 2 heterocycles. The summed E-state index contributed by atoms with van der Waals surface area (Å²) in [7, 11) is 0. The maximum Gasteiger partial charge on any atom is 0.212 e. The van der Waals surface area contributed by atoms with Gasteiger partial charge >= 0.3 is 0 Å². The van der Waals surface area contributed by atoms with Crippen LogP contribution in [0.15, 0.2) is 0 Å². The van der Waals surface area contributed by atoms with Crippen LogP contribution in [0.25, 0.3) is 5.13 Å². The summed E-state index contributed by atoms with van der Waals surface area (Å²) in [5, 5.41) is 17.7. The third kappa shape index (κ3) is 2.06. The molecule has 0 N–H and O–H groups in total. The molecular formula is C11H13N5S. The van der Waals surface area contributed by atoms with Gasteiger partial charge in [0.2, 0.25) is 5.13 Å². The van der Waals surface area contributed by atoms with Gasteiger partial charge < -0.3 is 0 Å². The minimum Gasteiger partial charge on any atom is -0.223 e. The standard InChI is InChI=1S/C11H13N5S/c1-4-5-10-9(6-12)14-15-16(10)11-13-7(2)8(3)17-11/h4-5H2,1-3H3. The normalized spacial score (nSPS) is 10.5. The van der Waals surface area contributed by atoms with E-state index in [1.165, 1.54) is 0 Å². The molecule has 6 heteroatoms. The summed E-state index contributed by atoms with van der Waals surface area (Å²) in [5.41, 5.74) is 2.25. The molecule has 0 spiro atoms. The van der Waals surface area contributed by atoms with Gasteiger partial charge in [-0.05, 0) is 20.3 Å². The Morgan fingerprint density at radius 3 is 2.71 bits per heavy atom. The van der Waals surface area contributed by atoms with Gasteiger partial charge in [-0.15, -0.1) is 5.10 Å². The Morgan fingerprint density at radius 2 is 2.18 bits per heavy atom. The van der Waals surface area contributed by atoms with Gasteiger partial charge in [0.25, 0.3) is 0 Å². The van der Waals surface area contributed by atoms with Gasteiger partial charge in [0, 0.05) is 4.88 Å². The quantitative estimate of drug-likeness (QED) is 0.833. The highest BCUT2D eigenvalue weighted by molar-refractivity contribution is 7.14. The number of hydrogen-bond acceptors (Lipinski definition) is 5. The Balaban J connectivity index is 2.52. The molecule has 17 heavy (non-hydrogen) atoms. The average Bonchev–Trinajstić information content (AvgIpc) is 2.84. The van der Waals surface area contributed by atoms with Crippen LogP contribution in [-0.2, 0) is 6.42 Å². The van der Waals surface area contributed by atoms with Gasteiger partial charge in [-0.1, -0.05) is 29.9 Å². The smallest absolute Gasteiger partial charge is 0.212 e. The average molecular weight is 247 g/mol. The first kappa shape index (κ1) is 11.7. The number of nitrogens with zero attached hydrogens (tertiary/aromatic N) is 5. The largest absolute Gasteiger partial charge is 0.223 e. The van der Waals surface area contributed by atoms with E-state index in [0.717, 1.165) is 34.2 Å². The molecule has 88 valence electrons. The molecule has 0 unspecified atom stereocenters. The molecule has 0 saturated heterocycles. The first-order chi connectivity index (χ1) is 8.17. The third-order valence-corrected chi connectivity index (χ3v) is 3.60. The minimum atomic E-state index is 0.400. The van der Waals surface area contributed by atoms with Crippen LogP contribution in [0.5, 0.6) is 0 Å². The fraction of sp³-hybridized carbons (Fsp3) is 0.455. The van der Waals surface area contributed by atoms with Crippen LogP contribution in [0, 0.1) is 25.2 Å². The second-order valence-corrected chi connectivity index (χ2v) is 4.98. The number of thiazole rings is 1. The lowest BCUT2D eigenvalue weighted by molar-refractivity contribution is 0.739. The van der Waals surface area contributed by atoms with Crippen molar-refractivity contribution in [2.75, 3.05) is 0 Å². The number of aryl methyl sites for hydroxylation is 2. The van der Waals surface area contributed by atoms with E-state index in [1.54, 1.807) is 16.0 Å². The molecule has 0 fully saturated rings. The number of rotatable bonds is 3. The van der Waals surface area contributed by atoms with Crippen molar-refractivity contribution in [3.63, 3.8) is 0 Å². The van der Waals surface area contributed by atoms with E-state index in [4.69, 9.17) is 5.26 Å². The first-order valence-electron chi connectivity index (χ1n) is 5.46. The van der Waals surface area contributed by atoms with Crippen LogP contribution in [0.1, 0.15) is 35.3 Å². The van der Waals surface area contributed by atoms with Gasteiger partial charge in [-0.3, -0.25) is 0 Å². The molecule has 0 saturated carbocycles. The topological polar surface area (TPSA) is 67.4 Å². The van der Waals surface area contributed by atoms with E-state index in [9.17, 15) is 0 Å². The lowest BCUT2D eigenvalue weighted by Crippen LogP contribution is -2.02. The summed E-state index contributed by atoms with van der Waals surface area (Å²) in [6.45, 7) is 6.06. The Labute approximate surface area is 104 Å². The fourth-order valence-corrected chi connectivity index (χ4v) is 2.43. The van der Waals surface area contributed by atoms with Crippen molar-refractivity contribution in [2.24, 2.45) is 0 Å². The molecule has 0 atom stereocenters. The van der Waals surface area contributed by atoms with Crippen molar-refractivity contribution in [2.45, 2.75) is 33.6 Å². The maximum absolute atomic E-state index is 8.98. The van der Waals surface area contributed by atoms with E-state index >= 15 is 0 Å². The zero-order chi connectivity index (χ0) is 12.4. The molecule has 0 aliphatic heterocycles. The van der Waals surface area contributed by atoms with Crippen molar-refractivity contribution >= 4 is 11.3 Å². The Kier molecular flexibility index (Phi) is 3.20. The molecule has 0 radical (unpaired) electrons. The van der Waals surface area contributed by atoms with Crippen LogP contribution >= 0.6 is 11.3 Å². The van der Waals surface area contributed by atoms with Gasteiger partial charge in [0.15, 0.2) is 5.69 Å². The summed E-state index contributed by atoms with van der Waals surface area (Å²) in [6, 6.07) is 2.07. The summed E-state index contributed by atoms with van der Waals surface area (Å²) in [5.74, 6) is 0. The molecular weight excluding hydrogens is 234 g/mol. The summed E-state index contributed by atoms with van der Waals surface area (Å²) < 4.78 is 1.69. The molecule has 0 amide bonds.